The maximum absolute atomic E-state index is 5.65. The summed E-state index contributed by atoms with van der Waals surface area (Å²) in [6, 6.07) is 10.4. The van der Waals surface area contributed by atoms with Crippen LogP contribution in [0.25, 0.3) is 16.7 Å². The number of nitrogens with zero attached hydrogens (tertiary/aromatic N) is 3. The van der Waals surface area contributed by atoms with E-state index >= 15 is 0 Å². The van der Waals surface area contributed by atoms with Gasteiger partial charge in [-0.25, -0.2) is 4.98 Å². The van der Waals surface area contributed by atoms with E-state index in [2.05, 4.69) is 60.1 Å². The van der Waals surface area contributed by atoms with Crippen molar-refractivity contribution in [2.75, 3.05) is 25.0 Å². The SMILES string of the molecule is C=C(Nc1ccc2ccc(C3=CCC=CO3)nc2c1)C1=CC(N2CC3(CCCCCC3)C2)=NCC1C. The van der Waals surface area contributed by atoms with Gasteiger partial charge in [0, 0.05) is 47.7 Å². The molecule has 5 heteroatoms. The van der Waals surface area contributed by atoms with Crippen LogP contribution in [0.4, 0.5) is 5.69 Å². The normalized spacial score (nSPS) is 23.2. The average Bonchev–Trinajstić information content (AvgIpc) is 3.15. The molecule has 3 aliphatic heterocycles. The van der Waals surface area contributed by atoms with E-state index in [-0.39, 0.29) is 0 Å². The Labute approximate surface area is 214 Å². The van der Waals surface area contributed by atoms with E-state index in [1.165, 1.54) is 57.2 Å². The quantitative estimate of drug-likeness (QED) is 0.509. The molecule has 1 saturated heterocycles. The lowest BCUT2D eigenvalue weighted by molar-refractivity contribution is 0.0430. The lowest BCUT2D eigenvalue weighted by Gasteiger charge is -2.52. The van der Waals surface area contributed by atoms with E-state index in [9.17, 15) is 0 Å². The molecule has 186 valence electrons. The lowest BCUT2D eigenvalue weighted by atomic mass is 9.73. The fraction of sp³-hybridized carbons (Fsp3) is 0.419. The largest absolute Gasteiger partial charge is 0.463 e. The number of amidine groups is 1. The van der Waals surface area contributed by atoms with Gasteiger partial charge in [0.25, 0.3) is 0 Å². The monoisotopic (exact) mass is 480 g/mol. The Kier molecular flexibility index (Phi) is 6.16. The van der Waals surface area contributed by atoms with E-state index < -0.39 is 0 Å². The van der Waals surface area contributed by atoms with E-state index in [1.54, 1.807) is 6.26 Å². The summed E-state index contributed by atoms with van der Waals surface area (Å²) in [5, 5.41) is 4.66. The van der Waals surface area contributed by atoms with Gasteiger partial charge in [-0.1, -0.05) is 51.3 Å². The van der Waals surface area contributed by atoms with Crippen molar-refractivity contribution in [1.29, 1.82) is 0 Å². The highest BCUT2D eigenvalue weighted by molar-refractivity contribution is 5.96. The number of hydrogen-bond acceptors (Lipinski definition) is 5. The molecule has 1 aromatic heterocycles. The number of rotatable bonds is 4. The summed E-state index contributed by atoms with van der Waals surface area (Å²) in [5.41, 5.74) is 5.51. The van der Waals surface area contributed by atoms with Gasteiger partial charge in [-0.2, -0.15) is 0 Å². The van der Waals surface area contributed by atoms with Crippen LogP contribution in [0.15, 0.2) is 77.7 Å². The van der Waals surface area contributed by atoms with Crippen molar-refractivity contribution >= 4 is 28.2 Å². The van der Waals surface area contributed by atoms with Crippen LogP contribution in [-0.2, 0) is 4.74 Å². The number of fused-ring (bicyclic) bond motifs is 1. The highest BCUT2D eigenvalue weighted by Crippen LogP contribution is 2.43. The lowest BCUT2D eigenvalue weighted by Crippen LogP contribution is -2.58. The second-order valence-corrected chi connectivity index (χ2v) is 11.0. The van der Waals surface area contributed by atoms with Gasteiger partial charge in [0.05, 0.1) is 11.8 Å². The first-order chi connectivity index (χ1) is 17.6. The third-order valence-corrected chi connectivity index (χ3v) is 8.20. The zero-order valence-electron chi connectivity index (χ0n) is 21.3. The van der Waals surface area contributed by atoms with Crippen LogP contribution in [0.2, 0.25) is 0 Å². The summed E-state index contributed by atoms with van der Waals surface area (Å²) in [6.45, 7) is 9.80. The molecule has 4 heterocycles. The van der Waals surface area contributed by atoms with Gasteiger partial charge in [0.1, 0.15) is 17.3 Å². The number of ether oxygens (including phenoxy) is 1. The van der Waals surface area contributed by atoms with Gasteiger partial charge in [-0.3, -0.25) is 4.99 Å². The Morgan fingerprint density at radius 3 is 2.69 bits per heavy atom. The number of pyridine rings is 1. The summed E-state index contributed by atoms with van der Waals surface area (Å²) >= 11 is 0. The molecule has 4 aliphatic rings. The van der Waals surface area contributed by atoms with Crippen molar-refractivity contribution in [3.63, 3.8) is 0 Å². The number of hydrogen-bond donors (Lipinski definition) is 1. The molecule has 1 aliphatic carbocycles. The van der Waals surface area contributed by atoms with Crippen LogP contribution in [0.1, 0.15) is 57.6 Å². The standard InChI is InChI=1S/C31H36N4O/c1-22-19-32-30(35-20-31(21-35)14-6-3-4-7-15-31)18-26(22)23(2)33-25-12-10-24-11-13-27(34-28(24)17-25)29-9-5-8-16-36-29/h8-13,16-18,22,33H,2-7,14-15,19-21H2,1H3. The topological polar surface area (TPSA) is 49.8 Å². The number of anilines is 1. The maximum Gasteiger partial charge on any atom is 0.148 e. The molecule has 0 bridgehead atoms. The summed E-state index contributed by atoms with van der Waals surface area (Å²) < 4.78 is 5.65. The van der Waals surface area contributed by atoms with Crippen LogP contribution < -0.4 is 5.32 Å². The average molecular weight is 481 g/mol. The summed E-state index contributed by atoms with van der Waals surface area (Å²) in [6.07, 6.45) is 17.3. The van der Waals surface area contributed by atoms with Gasteiger partial charge in [0.2, 0.25) is 0 Å². The number of allylic oxidation sites excluding steroid dienone is 3. The van der Waals surface area contributed by atoms with E-state index in [0.29, 0.717) is 11.3 Å². The smallest absolute Gasteiger partial charge is 0.148 e. The van der Waals surface area contributed by atoms with Gasteiger partial charge < -0.3 is 15.0 Å². The molecule has 1 spiro atoms. The molecule has 1 saturated carbocycles. The summed E-state index contributed by atoms with van der Waals surface area (Å²) in [4.78, 5) is 12.3. The number of benzene rings is 1. The summed E-state index contributed by atoms with van der Waals surface area (Å²) in [5.74, 6) is 2.29. The van der Waals surface area contributed by atoms with Crippen LogP contribution in [-0.4, -0.2) is 35.4 Å². The third-order valence-electron chi connectivity index (χ3n) is 8.20. The molecule has 2 aromatic rings. The summed E-state index contributed by atoms with van der Waals surface area (Å²) in [7, 11) is 0. The molecular weight excluding hydrogens is 444 g/mol. The van der Waals surface area contributed by atoms with Gasteiger partial charge >= 0.3 is 0 Å². The molecule has 1 N–H and O–H groups in total. The third kappa shape index (κ3) is 4.59. The molecule has 0 amide bonds. The maximum atomic E-state index is 5.65. The van der Waals surface area contributed by atoms with Crippen molar-refractivity contribution in [3.8, 4) is 0 Å². The number of dihydropyridines is 1. The highest BCUT2D eigenvalue weighted by atomic mass is 16.5. The molecular formula is C31H36N4O. The number of nitrogens with one attached hydrogen (secondary N) is 1. The minimum Gasteiger partial charge on any atom is -0.463 e. The Morgan fingerprint density at radius 1 is 1.11 bits per heavy atom. The van der Waals surface area contributed by atoms with Crippen molar-refractivity contribution in [3.05, 3.63) is 78.4 Å². The molecule has 36 heavy (non-hydrogen) atoms. The Hall–Kier alpha value is -3.34. The number of likely N-dealkylation sites (tertiary alicyclic amines) is 1. The van der Waals surface area contributed by atoms with E-state index in [1.807, 2.05) is 12.1 Å². The van der Waals surface area contributed by atoms with E-state index in [4.69, 9.17) is 14.7 Å². The van der Waals surface area contributed by atoms with E-state index in [0.717, 1.165) is 52.5 Å². The van der Waals surface area contributed by atoms with Crippen molar-refractivity contribution < 1.29 is 4.74 Å². The fourth-order valence-electron chi connectivity index (χ4n) is 6.10. The Morgan fingerprint density at radius 2 is 1.92 bits per heavy atom. The predicted octanol–water partition coefficient (Wildman–Crippen LogP) is 7.07. The number of aromatic nitrogens is 1. The molecule has 0 radical (unpaired) electrons. The first-order valence-electron chi connectivity index (χ1n) is 13.5. The Bertz CT molecular complexity index is 1280. The second kappa shape index (κ2) is 9.61. The number of aliphatic imine (C=N–C) groups is 1. The van der Waals surface area contributed by atoms with Crippen molar-refractivity contribution in [1.82, 2.24) is 9.88 Å². The van der Waals surface area contributed by atoms with Crippen LogP contribution >= 0.6 is 0 Å². The fourth-order valence-corrected chi connectivity index (χ4v) is 6.10. The molecule has 1 aromatic carbocycles. The first kappa shape index (κ1) is 23.1. The van der Waals surface area contributed by atoms with Crippen molar-refractivity contribution in [2.24, 2.45) is 16.3 Å². The molecule has 1 unspecified atom stereocenters. The molecule has 2 fully saturated rings. The van der Waals surface area contributed by atoms with Crippen molar-refractivity contribution in [2.45, 2.75) is 51.9 Å². The predicted molar refractivity (Wildman–Crippen MR) is 149 cm³/mol. The van der Waals surface area contributed by atoms with Gasteiger partial charge in [-0.15, -0.1) is 0 Å². The molecule has 5 nitrogen and oxygen atoms in total. The molecule has 6 rings (SSSR count). The minimum absolute atomic E-state index is 0.343. The van der Waals surface area contributed by atoms with Crippen LogP contribution in [0, 0.1) is 11.3 Å². The second-order valence-electron chi connectivity index (χ2n) is 11.0. The van der Waals surface area contributed by atoms with Gasteiger partial charge in [-0.05, 0) is 61.3 Å². The zero-order valence-corrected chi connectivity index (χ0v) is 21.3. The van der Waals surface area contributed by atoms with Crippen LogP contribution in [0.5, 0.6) is 0 Å². The highest BCUT2D eigenvalue weighted by Gasteiger charge is 2.43. The van der Waals surface area contributed by atoms with Crippen LogP contribution in [0.3, 0.4) is 0 Å². The van der Waals surface area contributed by atoms with Gasteiger partial charge in [0.15, 0.2) is 0 Å². The minimum atomic E-state index is 0.343. The Balaban J connectivity index is 1.16. The first-order valence-corrected chi connectivity index (χ1v) is 13.5. The molecule has 1 atom stereocenters. The zero-order chi connectivity index (χ0) is 24.5.